The molecule has 1 saturated heterocycles. The third-order valence-electron chi connectivity index (χ3n) is 3.58. The standard InChI is InChI=1S/C16H19FN4/c1-12-10-15(19-14-7-5-6-13(17)11-14)20-16(18-12)21-8-3-2-4-9-21/h5-7,10-11H,2-4,8-9H2,1H3,(H,18,19,20). The van der Waals surface area contributed by atoms with E-state index in [1.165, 1.54) is 31.4 Å². The Kier molecular flexibility index (Phi) is 3.99. The summed E-state index contributed by atoms with van der Waals surface area (Å²) >= 11 is 0. The van der Waals surface area contributed by atoms with Gasteiger partial charge in [0, 0.05) is 30.5 Å². The van der Waals surface area contributed by atoms with Crippen LogP contribution in [0.25, 0.3) is 0 Å². The van der Waals surface area contributed by atoms with Crippen molar-refractivity contribution in [2.75, 3.05) is 23.3 Å². The zero-order valence-corrected chi connectivity index (χ0v) is 12.1. The number of hydrogen-bond donors (Lipinski definition) is 1. The number of aryl methyl sites for hydroxylation is 1. The fraction of sp³-hybridized carbons (Fsp3) is 0.375. The van der Waals surface area contributed by atoms with Gasteiger partial charge in [-0.15, -0.1) is 0 Å². The quantitative estimate of drug-likeness (QED) is 0.935. The van der Waals surface area contributed by atoms with Crippen molar-refractivity contribution in [1.82, 2.24) is 9.97 Å². The smallest absolute Gasteiger partial charge is 0.227 e. The van der Waals surface area contributed by atoms with Crippen molar-refractivity contribution in [1.29, 1.82) is 0 Å². The molecule has 0 radical (unpaired) electrons. The van der Waals surface area contributed by atoms with Crippen LogP contribution in [-0.2, 0) is 0 Å². The molecular weight excluding hydrogens is 267 g/mol. The minimum atomic E-state index is -0.262. The van der Waals surface area contributed by atoms with Gasteiger partial charge in [0.15, 0.2) is 0 Å². The van der Waals surface area contributed by atoms with Gasteiger partial charge in [-0.05, 0) is 44.4 Å². The fourth-order valence-electron chi connectivity index (χ4n) is 2.57. The maximum absolute atomic E-state index is 13.2. The third kappa shape index (κ3) is 3.48. The highest BCUT2D eigenvalue weighted by Gasteiger charge is 2.14. The minimum absolute atomic E-state index is 0.262. The monoisotopic (exact) mass is 286 g/mol. The van der Waals surface area contributed by atoms with Crippen molar-refractivity contribution in [3.63, 3.8) is 0 Å². The van der Waals surface area contributed by atoms with Crippen molar-refractivity contribution in [3.05, 3.63) is 41.8 Å². The summed E-state index contributed by atoms with van der Waals surface area (Å²) in [4.78, 5) is 11.3. The highest BCUT2D eigenvalue weighted by molar-refractivity contribution is 5.57. The molecule has 0 unspecified atom stereocenters. The molecule has 0 spiro atoms. The summed E-state index contributed by atoms with van der Waals surface area (Å²) in [5.41, 5.74) is 1.60. The Morgan fingerprint density at radius 3 is 2.67 bits per heavy atom. The number of anilines is 3. The molecule has 1 aliphatic rings. The van der Waals surface area contributed by atoms with E-state index in [9.17, 15) is 4.39 Å². The number of piperidine rings is 1. The Bertz CT molecular complexity index is 623. The molecule has 0 bridgehead atoms. The number of aromatic nitrogens is 2. The van der Waals surface area contributed by atoms with Crippen molar-refractivity contribution in [2.24, 2.45) is 0 Å². The number of hydrogen-bond acceptors (Lipinski definition) is 4. The van der Waals surface area contributed by atoms with Crippen LogP contribution in [0.4, 0.5) is 21.8 Å². The molecule has 110 valence electrons. The summed E-state index contributed by atoms with van der Waals surface area (Å²) in [6.07, 6.45) is 3.64. The molecular formula is C16H19FN4. The molecule has 1 aliphatic heterocycles. The third-order valence-corrected chi connectivity index (χ3v) is 3.58. The predicted molar refractivity (Wildman–Crippen MR) is 82.5 cm³/mol. The molecule has 1 N–H and O–H groups in total. The van der Waals surface area contributed by atoms with E-state index in [0.717, 1.165) is 24.7 Å². The van der Waals surface area contributed by atoms with Crippen LogP contribution in [0.5, 0.6) is 0 Å². The van der Waals surface area contributed by atoms with Gasteiger partial charge in [-0.25, -0.2) is 9.37 Å². The van der Waals surface area contributed by atoms with Crippen molar-refractivity contribution in [3.8, 4) is 0 Å². The highest BCUT2D eigenvalue weighted by Crippen LogP contribution is 2.21. The van der Waals surface area contributed by atoms with Crippen molar-refractivity contribution < 1.29 is 4.39 Å². The van der Waals surface area contributed by atoms with E-state index < -0.39 is 0 Å². The maximum atomic E-state index is 13.2. The first-order chi connectivity index (χ1) is 10.2. The average molecular weight is 286 g/mol. The molecule has 2 aromatic rings. The van der Waals surface area contributed by atoms with Crippen molar-refractivity contribution in [2.45, 2.75) is 26.2 Å². The average Bonchev–Trinajstić information content (AvgIpc) is 2.47. The second-order valence-corrected chi connectivity index (χ2v) is 5.38. The number of nitrogens with zero attached hydrogens (tertiary/aromatic N) is 3. The molecule has 0 saturated carbocycles. The van der Waals surface area contributed by atoms with Gasteiger partial charge in [-0.1, -0.05) is 6.07 Å². The lowest BCUT2D eigenvalue weighted by Gasteiger charge is -2.27. The summed E-state index contributed by atoms with van der Waals surface area (Å²) in [5.74, 6) is 1.20. The minimum Gasteiger partial charge on any atom is -0.341 e. The van der Waals surface area contributed by atoms with Gasteiger partial charge in [-0.2, -0.15) is 4.98 Å². The summed E-state index contributed by atoms with van der Waals surface area (Å²) in [5, 5.41) is 3.15. The zero-order chi connectivity index (χ0) is 14.7. The Hall–Kier alpha value is -2.17. The van der Waals surface area contributed by atoms with Crippen LogP contribution in [-0.4, -0.2) is 23.1 Å². The van der Waals surface area contributed by atoms with Gasteiger partial charge in [-0.3, -0.25) is 0 Å². The topological polar surface area (TPSA) is 41.1 Å². The molecule has 1 aromatic carbocycles. The van der Waals surface area contributed by atoms with Gasteiger partial charge < -0.3 is 10.2 Å². The lowest BCUT2D eigenvalue weighted by Crippen LogP contribution is -2.31. The highest BCUT2D eigenvalue weighted by atomic mass is 19.1. The molecule has 2 heterocycles. The molecule has 0 amide bonds. The number of halogens is 1. The molecule has 1 fully saturated rings. The second-order valence-electron chi connectivity index (χ2n) is 5.38. The van der Waals surface area contributed by atoms with Crippen LogP contribution in [0, 0.1) is 12.7 Å². The van der Waals surface area contributed by atoms with Gasteiger partial charge in [0.25, 0.3) is 0 Å². The Balaban J connectivity index is 1.83. The largest absolute Gasteiger partial charge is 0.341 e. The van der Waals surface area contributed by atoms with Gasteiger partial charge in [0.1, 0.15) is 11.6 Å². The van der Waals surface area contributed by atoms with Crippen LogP contribution < -0.4 is 10.2 Å². The summed E-state index contributed by atoms with van der Waals surface area (Å²) < 4.78 is 13.2. The Labute approximate surface area is 124 Å². The van der Waals surface area contributed by atoms with E-state index >= 15 is 0 Å². The van der Waals surface area contributed by atoms with Crippen LogP contribution in [0.2, 0.25) is 0 Å². The van der Waals surface area contributed by atoms with Crippen LogP contribution in [0.15, 0.2) is 30.3 Å². The molecule has 0 aliphatic carbocycles. The van der Waals surface area contributed by atoms with E-state index in [-0.39, 0.29) is 5.82 Å². The molecule has 4 nitrogen and oxygen atoms in total. The normalized spacial score (nSPS) is 15.0. The first-order valence-electron chi connectivity index (χ1n) is 7.34. The number of nitrogens with one attached hydrogen (secondary N) is 1. The summed E-state index contributed by atoms with van der Waals surface area (Å²) in [6, 6.07) is 8.25. The first kappa shape index (κ1) is 13.8. The predicted octanol–water partition coefficient (Wildman–Crippen LogP) is 3.66. The van der Waals surface area contributed by atoms with E-state index in [1.54, 1.807) is 6.07 Å². The van der Waals surface area contributed by atoms with Gasteiger partial charge in [0.2, 0.25) is 5.95 Å². The maximum Gasteiger partial charge on any atom is 0.227 e. The first-order valence-corrected chi connectivity index (χ1v) is 7.34. The van der Waals surface area contributed by atoms with Crippen LogP contribution in [0.1, 0.15) is 25.0 Å². The van der Waals surface area contributed by atoms with E-state index in [1.807, 2.05) is 19.1 Å². The molecule has 1 aromatic heterocycles. The molecule has 3 rings (SSSR count). The van der Waals surface area contributed by atoms with Crippen molar-refractivity contribution >= 4 is 17.5 Å². The number of rotatable bonds is 3. The second kappa shape index (κ2) is 6.08. The molecule has 5 heteroatoms. The van der Waals surface area contributed by atoms with E-state index in [0.29, 0.717) is 11.5 Å². The lowest BCUT2D eigenvalue weighted by atomic mass is 10.1. The van der Waals surface area contributed by atoms with E-state index in [2.05, 4.69) is 20.2 Å². The SMILES string of the molecule is Cc1cc(Nc2cccc(F)c2)nc(N2CCCCC2)n1. The summed E-state index contributed by atoms with van der Waals surface area (Å²) in [6.45, 7) is 3.96. The van der Waals surface area contributed by atoms with E-state index in [4.69, 9.17) is 0 Å². The zero-order valence-electron chi connectivity index (χ0n) is 12.1. The van der Waals surface area contributed by atoms with Gasteiger partial charge >= 0.3 is 0 Å². The lowest BCUT2D eigenvalue weighted by molar-refractivity contribution is 0.568. The Morgan fingerprint density at radius 2 is 1.90 bits per heavy atom. The Morgan fingerprint density at radius 1 is 1.10 bits per heavy atom. The van der Waals surface area contributed by atoms with Gasteiger partial charge in [0.05, 0.1) is 0 Å². The number of benzene rings is 1. The summed E-state index contributed by atoms with van der Waals surface area (Å²) in [7, 11) is 0. The molecule has 21 heavy (non-hydrogen) atoms. The van der Waals surface area contributed by atoms with Crippen LogP contribution in [0.3, 0.4) is 0 Å². The molecule has 0 atom stereocenters. The fourth-order valence-corrected chi connectivity index (χ4v) is 2.57. The van der Waals surface area contributed by atoms with Crippen LogP contribution >= 0.6 is 0 Å².